The van der Waals surface area contributed by atoms with E-state index < -0.39 is 6.10 Å². The Balaban J connectivity index is 1.89. The van der Waals surface area contributed by atoms with Crippen molar-refractivity contribution >= 4 is 0 Å². The topological polar surface area (TPSA) is 38.7 Å². The number of hydrogen-bond acceptors (Lipinski definition) is 3. The van der Waals surface area contributed by atoms with E-state index in [9.17, 15) is 5.11 Å². The quantitative estimate of drug-likeness (QED) is 0.758. The average Bonchev–Trinajstić information content (AvgIpc) is 2.46. The van der Waals surface area contributed by atoms with Crippen molar-refractivity contribution in [3.05, 3.63) is 23.8 Å². The van der Waals surface area contributed by atoms with Gasteiger partial charge in [0, 0.05) is 18.1 Å². The molecular formula is C17H26O3. The van der Waals surface area contributed by atoms with Crippen LogP contribution in [0, 0.1) is 0 Å². The van der Waals surface area contributed by atoms with E-state index in [1.54, 1.807) is 7.11 Å². The highest BCUT2D eigenvalue weighted by atomic mass is 16.5. The van der Waals surface area contributed by atoms with Crippen LogP contribution in [0.25, 0.3) is 0 Å². The van der Waals surface area contributed by atoms with Crippen molar-refractivity contribution in [1.82, 2.24) is 0 Å². The zero-order valence-electron chi connectivity index (χ0n) is 12.6. The first-order valence-corrected chi connectivity index (χ1v) is 7.77. The molecular weight excluding hydrogens is 252 g/mol. The van der Waals surface area contributed by atoms with Crippen LogP contribution in [-0.2, 0) is 0 Å². The molecule has 0 bridgehead atoms. The number of methoxy groups -OCH3 is 1. The summed E-state index contributed by atoms with van der Waals surface area (Å²) in [5.41, 5.74) is 0.882. The van der Waals surface area contributed by atoms with Crippen LogP contribution < -0.4 is 9.47 Å². The number of unbranched alkanes of at least 4 members (excludes halogenated alkanes) is 4. The van der Waals surface area contributed by atoms with Crippen LogP contribution in [0.4, 0.5) is 0 Å². The van der Waals surface area contributed by atoms with Gasteiger partial charge in [0.05, 0.1) is 13.2 Å². The van der Waals surface area contributed by atoms with Gasteiger partial charge in [-0.2, -0.15) is 0 Å². The molecule has 112 valence electrons. The van der Waals surface area contributed by atoms with E-state index in [1.807, 2.05) is 18.2 Å². The lowest BCUT2D eigenvalue weighted by atomic mass is 9.96. The van der Waals surface area contributed by atoms with Crippen molar-refractivity contribution in [1.29, 1.82) is 0 Å². The minimum absolute atomic E-state index is 0.131. The molecule has 0 spiro atoms. The molecule has 0 aromatic heterocycles. The van der Waals surface area contributed by atoms with Gasteiger partial charge in [-0.25, -0.2) is 0 Å². The van der Waals surface area contributed by atoms with Crippen molar-refractivity contribution in [2.24, 2.45) is 0 Å². The summed E-state index contributed by atoms with van der Waals surface area (Å²) >= 11 is 0. The van der Waals surface area contributed by atoms with E-state index in [-0.39, 0.29) is 6.10 Å². The number of aliphatic hydroxyl groups excluding tert-OH is 1. The third-order valence-corrected chi connectivity index (χ3v) is 3.99. The second-order valence-electron chi connectivity index (χ2n) is 5.60. The molecule has 20 heavy (non-hydrogen) atoms. The number of ether oxygens (including phenoxy) is 2. The largest absolute Gasteiger partial charge is 0.497 e. The summed E-state index contributed by atoms with van der Waals surface area (Å²) in [5.74, 6) is 1.56. The molecule has 3 nitrogen and oxygen atoms in total. The summed E-state index contributed by atoms with van der Waals surface area (Å²) in [4.78, 5) is 0. The predicted octanol–water partition coefficient (Wildman–Crippen LogP) is 4.24. The van der Waals surface area contributed by atoms with Gasteiger partial charge in [0.2, 0.25) is 0 Å². The number of hydrogen-bond donors (Lipinski definition) is 1. The molecule has 1 aliphatic rings. The van der Waals surface area contributed by atoms with Gasteiger partial charge in [-0.1, -0.05) is 32.6 Å². The molecule has 0 fully saturated rings. The minimum atomic E-state index is -0.412. The monoisotopic (exact) mass is 278 g/mol. The van der Waals surface area contributed by atoms with Gasteiger partial charge in [-0.3, -0.25) is 0 Å². The first-order valence-electron chi connectivity index (χ1n) is 7.77. The summed E-state index contributed by atoms with van der Waals surface area (Å²) < 4.78 is 11.2. The molecule has 2 rings (SSSR count). The maximum Gasteiger partial charge on any atom is 0.129 e. The summed E-state index contributed by atoms with van der Waals surface area (Å²) in [7, 11) is 1.65. The van der Waals surface area contributed by atoms with Crippen LogP contribution in [0.1, 0.15) is 63.5 Å². The first kappa shape index (κ1) is 15.2. The van der Waals surface area contributed by atoms with Crippen molar-refractivity contribution < 1.29 is 14.6 Å². The Bertz CT molecular complexity index is 417. The van der Waals surface area contributed by atoms with Crippen LogP contribution in [0.15, 0.2) is 18.2 Å². The third kappa shape index (κ3) is 3.89. The highest BCUT2D eigenvalue weighted by Gasteiger charge is 2.26. The lowest BCUT2D eigenvalue weighted by Gasteiger charge is -2.30. The molecule has 1 N–H and O–H groups in total. The maximum atomic E-state index is 10.2. The van der Waals surface area contributed by atoms with Crippen LogP contribution >= 0.6 is 0 Å². The number of fused-ring (bicyclic) bond motifs is 1. The Morgan fingerprint density at radius 3 is 2.80 bits per heavy atom. The smallest absolute Gasteiger partial charge is 0.129 e. The average molecular weight is 278 g/mol. The second kappa shape index (κ2) is 7.53. The van der Waals surface area contributed by atoms with E-state index in [4.69, 9.17) is 9.47 Å². The summed E-state index contributed by atoms with van der Waals surface area (Å²) in [6.07, 6.45) is 7.77. The molecule has 0 amide bonds. The van der Waals surface area contributed by atoms with E-state index in [1.165, 1.54) is 32.1 Å². The Morgan fingerprint density at radius 1 is 1.25 bits per heavy atom. The molecule has 1 aliphatic heterocycles. The normalized spacial score (nSPS) is 21.1. The summed E-state index contributed by atoms with van der Waals surface area (Å²) in [5, 5.41) is 10.2. The SMILES string of the molecule is CCCCCCCC1C[C@@H](O)c2ccc(OC)cc2O1. The third-order valence-electron chi connectivity index (χ3n) is 3.99. The van der Waals surface area contributed by atoms with Crippen LogP contribution in [0.3, 0.4) is 0 Å². The highest BCUT2D eigenvalue weighted by Crippen LogP contribution is 2.38. The molecule has 1 unspecified atom stereocenters. The molecule has 1 aromatic rings. The molecule has 1 heterocycles. The molecule has 0 radical (unpaired) electrons. The summed E-state index contributed by atoms with van der Waals surface area (Å²) in [6, 6.07) is 5.65. The lowest BCUT2D eigenvalue weighted by Crippen LogP contribution is -2.25. The second-order valence-corrected chi connectivity index (χ2v) is 5.60. The Morgan fingerprint density at radius 2 is 2.05 bits per heavy atom. The summed E-state index contributed by atoms with van der Waals surface area (Å²) in [6.45, 7) is 2.23. The number of rotatable bonds is 7. The Labute approximate surface area is 121 Å². The van der Waals surface area contributed by atoms with Gasteiger partial charge in [0.1, 0.15) is 17.6 Å². The van der Waals surface area contributed by atoms with E-state index in [0.717, 1.165) is 23.5 Å². The maximum absolute atomic E-state index is 10.2. The van der Waals surface area contributed by atoms with Crippen LogP contribution in [0.5, 0.6) is 11.5 Å². The Kier molecular flexibility index (Phi) is 5.72. The molecule has 2 atom stereocenters. The first-order chi connectivity index (χ1) is 9.74. The van der Waals surface area contributed by atoms with Gasteiger partial charge in [-0.15, -0.1) is 0 Å². The van der Waals surface area contributed by atoms with Gasteiger partial charge in [-0.05, 0) is 25.0 Å². The fraction of sp³-hybridized carbons (Fsp3) is 0.647. The van der Waals surface area contributed by atoms with Crippen LogP contribution in [0.2, 0.25) is 0 Å². The van der Waals surface area contributed by atoms with Crippen molar-refractivity contribution in [2.45, 2.75) is 64.1 Å². The highest BCUT2D eigenvalue weighted by molar-refractivity contribution is 5.43. The minimum Gasteiger partial charge on any atom is -0.497 e. The Hall–Kier alpha value is -1.22. The predicted molar refractivity (Wildman–Crippen MR) is 80.4 cm³/mol. The molecule has 0 saturated heterocycles. The van der Waals surface area contributed by atoms with Crippen molar-refractivity contribution in [3.8, 4) is 11.5 Å². The zero-order valence-corrected chi connectivity index (χ0v) is 12.6. The van der Waals surface area contributed by atoms with Gasteiger partial charge in [0.25, 0.3) is 0 Å². The standard InChI is InChI=1S/C17H26O3/c1-3-4-5-6-7-8-14-11-16(18)15-10-9-13(19-2)12-17(15)20-14/h9-10,12,14,16,18H,3-8,11H2,1-2H3/t14?,16-/m1/s1. The zero-order chi connectivity index (χ0) is 14.4. The van der Waals surface area contributed by atoms with E-state index in [2.05, 4.69) is 6.92 Å². The van der Waals surface area contributed by atoms with Crippen LogP contribution in [-0.4, -0.2) is 18.3 Å². The van der Waals surface area contributed by atoms with Gasteiger partial charge in [0.15, 0.2) is 0 Å². The fourth-order valence-electron chi connectivity index (χ4n) is 2.78. The number of benzene rings is 1. The molecule has 0 saturated carbocycles. The molecule has 1 aromatic carbocycles. The molecule has 3 heteroatoms. The van der Waals surface area contributed by atoms with E-state index in [0.29, 0.717) is 6.42 Å². The van der Waals surface area contributed by atoms with Gasteiger partial charge < -0.3 is 14.6 Å². The van der Waals surface area contributed by atoms with Crippen molar-refractivity contribution in [2.75, 3.05) is 7.11 Å². The number of aliphatic hydroxyl groups is 1. The van der Waals surface area contributed by atoms with Crippen molar-refractivity contribution in [3.63, 3.8) is 0 Å². The lowest BCUT2D eigenvalue weighted by molar-refractivity contribution is 0.0602. The van der Waals surface area contributed by atoms with Gasteiger partial charge >= 0.3 is 0 Å². The molecule has 0 aliphatic carbocycles. The van der Waals surface area contributed by atoms with E-state index >= 15 is 0 Å². The fourth-order valence-corrected chi connectivity index (χ4v) is 2.78.